The van der Waals surface area contributed by atoms with Crippen molar-refractivity contribution < 1.29 is 14.1 Å². The van der Waals surface area contributed by atoms with E-state index in [0.717, 1.165) is 0 Å². The zero-order valence-corrected chi connectivity index (χ0v) is 9.31. The summed E-state index contributed by atoms with van der Waals surface area (Å²) in [5, 5.41) is 24.6. The number of fused-ring (bicyclic) bond motifs is 1. The second-order valence-corrected chi connectivity index (χ2v) is 3.55. The smallest absolute Gasteiger partial charge is 0.300 e. The zero-order valence-electron chi connectivity index (χ0n) is 9.31. The fourth-order valence-corrected chi connectivity index (χ4v) is 1.59. The molecular formula is C9H6N6O4. The minimum Gasteiger partial charge on any atom is -0.376 e. The van der Waals surface area contributed by atoms with Gasteiger partial charge in [-0.15, -0.1) is 0 Å². The quantitative estimate of drug-likeness (QED) is 0.542. The number of nitrogens with zero attached hydrogens (tertiary/aromatic N) is 5. The lowest BCUT2D eigenvalue weighted by Crippen LogP contribution is -2.02. The van der Waals surface area contributed by atoms with Gasteiger partial charge < -0.3 is 9.84 Å². The summed E-state index contributed by atoms with van der Waals surface area (Å²) in [7, 11) is 0. The van der Waals surface area contributed by atoms with Gasteiger partial charge in [0, 0.05) is 6.07 Å². The maximum absolute atomic E-state index is 10.8. The molecule has 3 aromatic rings. The highest BCUT2D eigenvalue weighted by Gasteiger charge is 2.19. The van der Waals surface area contributed by atoms with Crippen LogP contribution < -0.4 is 5.32 Å². The summed E-state index contributed by atoms with van der Waals surface area (Å²) in [6, 6.07) is 2.84. The summed E-state index contributed by atoms with van der Waals surface area (Å²) < 4.78 is 9.13. The molecule has 0 atom stereocenters. The third-order valence-electron chi connectivity index (χ3n) is 2.43. The van der Waals surface area contributed by atoms with Gasteiger partial charge in [-0.05, 0) is 16.4 Å². The molecule has 0 bridgehead atoms. The Balaban J connectivity index is 1.94. The zero-order chi connectivity index (χ0) is 13.2. The fraction of sp³-hybridized carbons (Fsp3) is 0.111. The van der Waals surface area contributed by atoms with Gasteiger partial charge in [0.25, 0.3) is 0 Å². The van der Waals surface area contributed by atoms with E-state index in [1.54, 1.807) is 0 Å². The lowest BCUT2D eigenvalue weighted by atomic mass is 10.2. The predicted molar refractivity (Wildman–Crippen MR) is 60.1 cm³/mol. The molecule has 0 fully saturated rings. The van der Waals surface area contributed by atoms with Gasteiger partial charge in [0.15, 0.2) is 11.3 Å². The SMILES string of the molecule is O=[N+]([O-])c1ccc(NCc2ncon2)c2nonc12. The van der Waals surface area contributed by atoms with Crippen molar-refractivity contribution in [2.24, 2.45) is 0 Å². The maximum Gasteiger partial charge on any atom is 0.300 e. The third-order valence-corrected chi connectivity index (χ3v) is 2.43. The van der Waals surface area contributed by atoms with Crippen LogP contribution in [0.3, 0.4) is 0 Å². The number of aromatic nitrogens is 4. The number of nitro groups is 1. The van der Waals surface area contributed by atoms with E-state index in [-0.39, 0.29) is 23.3 Å². The second kappa shape index (κ2) is 4.33. The molecule has 0 unspecified atom stereocenters. The summed E-state index contributed by atoms with van der Waals surface area (Å²) in [5.74, 6) is 0.447. The van der Waals surface area contributed by atoms with Crippen LogP contribution >= 0.6 is 0 Å². The Kier molecular flexibility index (Phi) is 2.52. The molecule has 0 aliphatic carbocycles. The Hall–Kier alpha value is -3.04. The Bertz CT molecular complexity index is 721. The Morgan fingerprint density at radius 1 is 1.26 bits per heavy atom. The molecule has 1 aromatic carbocycles. The molecule has 0 saturated heterocycles. The van der Waals surface area contributed by atoms with Crippen LogP contribution in [-0.2, 0) is 6.54 Å². The van der Waals surface area contributed by atoms with Crippen molar-refractivity contribution in [1.82, 2.24) is 20.5 Å². The van der Waals surface area contributed by atoms with Gasteiger partial charge in [0.2, 0.25) is 11.9 Å². The van der Waals surface area contributed by atoms with Gasteiger partial charge in [-0.1, -0.05) is 5.16 Å². The summed E-state index contributed by atoms with van der Waals surface area (Å²) >= 11 is 0. The molecule has 0 spiro atoms. The first kappa shape index (κ1) is 11.1. The third kappa shape index (κ3) is 1.94. The average molecular weight is 262 g/mol. The lowest BCUT2D eigenvalue weighted by molar-refractivity contribution is -0.383. The first-order valence-electron chi connectivity index (χ1n) is 5.14. The Labute approximate surface area is 104 Å². The molecule has 2 aromatic heterocycles. The van der Waals surface area contributed by atoms with Crippen LogP contribution in [0.25, 0.3) is 11.0 Å². The molecule has 10 nitrogen and oxygen atoms in total. The molecule has 0 aliphatic heterocycles. The molecule has 0 aliphatic rings. The number of nitrogens with one attached hydrogen (secondary N) is 1. The van der Waals surface area contributed by atoms with Crippen molar-refractivity contribution in [3.8, 4) is 0 Å². The summed E-state index contributed by atoms with van der Waals surface area (Å²) in [5.41, 5.74) is 0.730. The van der Waals surface area contributed by atoms with E-state index in [1.165, 1.54) is 18.5 Å². The molecule has 0 amide bonds. The fourth-order valence-electron chi connectivity index (χ4n) is 1.59. The molecule has 3 rings (SSSR count). The number of anilines is 1. The van der Waals surface area contributed by atoms with Crippen molar-refractivity contribution in [1.29, 1.82) is 0 Å². The lowest BCUT2D eigenvalue weighted by Gasteiger charge is -2.02. The van der Waals surface area contributed by atoms with E-state index < -0.39 is 4.92 Å². The van der Waals surface area contributed by atoms with Gasteiger partial charge in [-0.2, -0.15) is 4.98 Å². The first-order valence-corrected chi connectivity index (χ1v) is 5.14. The van der Waals surface area contributed by atoms with Crippen molar-refractivity contribution in [3.63, 3.8) is 0 Å². The normalized spacial score (nSPS) is 10.7. The highest BCUT2D eigenvalue weighted by Crippen LogP contribution is 2.28. The van der Waals surface area contributed by atoms with Gasteiger partial charge >= 0.3 is 5.69 Å². The molecular weight excluding hydrogens is 256 g/mol. The Morgan fingerprint density at radius 3 is 2.84 bits per heavy atom. The molecule has 19 heavy (non-hydrogen) atoms. The molecule has 0 radical (unpaired) electrons. The molecule has 1 N–H and O–H groups in total. The number of non-ortho nitro benzene ring substituents is 1. The van der Waals surface area contributed by atoms with Gasteiger partial charge in [-0.3, -0.25) is 10.1 Å². The van der Waals surface area contributed by atoms with Crippen LogP contribution in [0, 0.1) is 10.1 Å². The number of rotatable bonds is 4. The van der Waals surface area contributed by atoms with E-state index >= 15 is 0 Å². The summed E-state index contributed by atoms with van der Waals surface area (Å²) in [4.78, 5) is 14.1. The van der Waals surface area contributed by atoms with Crippen LogP contribution in [0.1, 0.15) is 5.82 Å². The van der Waals surface area contributed by atoms with Crippen molar-refractivity contribution in [2.75, 3.05) is 5.32 Å². The van der Waals surface area contributed by atoms with E-state index in [2.05, 4.69) is 34.9 Å². The molecule has 2 heterocycles. The van der Waals surface area contributed by atoms with Crippen LogP contribution in [0.2, 0.25) is 0 Å². The first-order chi connectivity index (χ1) is 9.25. The molecule has 10 heteroatoms. The van der Waals surface area contributed by atoms with Crippen molar-refractivity contribution in [3.05, 3.63) is 34.5 Å². The average Bonchev–Trinajstić information content (AvgIpc) is 3.06. The predicted octanol–water partition coefficient (Wildman–Crippen LogP) is 1.13. The van der Waals surface area contributed by atoms with E-state index in [9.17, 15) is 10.1 Å². The standard InChI is InChI=1S/C9H6N6O4/c16-15(17)6-2-1-5(8-9(6)14-19-13-8)10-3-7-11-4-18-12-7/h1-2,4,10H,3H2. The summed E-state index contributed by atoms with van der Waals surface area (Å²) in [6.07, 6.45) is 1.21. The van der Waals surface area contributed by atoms with Crippen molar-refractivity contribution in [2.45, 2.75) is 6.54 Å². The van der Waals surface area contributed by atoms with Crippen LogP contribution in [0.4, 0.5) is 11.4 Å². The summed E-state index contributed by atoms with van der Waals surface area (Å²) in [6.45, 7) is 0.288. The van der Waals surface area contributed by atoms with Crippen LogP contribution in [-0.4, -0.2) is 25.4 Å². The Morgan fingerprint density at radius 2 is 2.11 bits per heavy atom. The van der Waals surface area contributed by atoms with Crippen molar-refractivity contribution >= 4 is 22.4 Å². The molecule has 96 valence electrons. The monoisotopic (exact) mass is 262 g/mol. The van der Waals surface area contributed by atoms with Crippen LogP contribution in [0.15, 0.2) is 27.7 Å². The number of hydrogen-bond acceptors (Lipinski definition) is 9. The van der Waals surface area contributed by atoms with Gasteiger partial charge in [0.1, 0.15) is 0 Å². The molecule has 0 saturated carbocycles. The van der Waals surface area contributed by atoms with E-state index in [0.29, 0.717) is 11.5 Å². The highest BCUT2D eigenvalue weighted by molar-refractivity contribution is 5.93. The number of hydrogen-bond donors (Lipinski definition) is 1. The minimum absolute atomic E-state index is 0.0862. The number of nitro benzene ring substituents is 1. The van der Waals surface area contributed by atoms with E-state index in [4.69, 9.17) is 0 Å². The van der Waals surface area contributed by atoms with Gasteiger partial charge in [0.05, 0.1) is 17.2 Å². The highest BCUT2D eigenvalue weighted by atomic mass is 16.6. The second-order valence-electron chi connectivity index (χ2n) is 3.55. The largest absolute Gasteiger partial charge is 0.376 e. The minimum atomic E-state index is -0.546. The topological polar surface area (TPSA) is 133 Å². The van der Waals surface area contributed by atoms with Crippen LogP contribution in [0.5, 0.6) is 0 Å². The number of benzene rings is 1. The maximum atomic E-state index is 10.8. The van der Waals surface area contributed by atoms with Gasteiger partial charge in [-0.25, -0.2) is 4.63 Å². The van der Waals surface area contributed by atoms with E-state index in [1.807, 2.05) is 0 Å².